The number of sulfone groups is 1. The smallest absolute Gasteiger partial charge is 0.244 e. The van der Waals surface area contributed by atoms with Crippen LogP contribution in [0.15, 0.2) is 47.6 Å². The van der Waals surface area contributed by atoms with Crippen LogP contribution in [0.5, 0.6) is 0 Å². The van der Waals surface area contributed by atoms with Gasteiger partial charge >= 0.3 is 12.4 Å². The SMILES string of the molecule is CS(=O)(=O)c1ccc(C2=C(c3ccc(F)cc3)CC(C(F)(F)F)(C(F)(F)F)C2)cn1. The Morgan fingerprint density at radius 3 is 1.70 bits per heavy atom. The van der Waals surface area contributed by atoms with E-state index in [9.17, 15) is 39.2 Å². The average molecular weight is 453 g/mol. The summed E-state index contributed by atoms with van der Waals surface area (Å²) in [4.78, 5) is 3.66. The van der Waals surface area contributed by atoms with Gasteiger partial charge in [-0.25, -0.2) is 17.8 Å². The van der Waals surface area contributed by atoms with Crippen molar-refractivity contribution in [3.05, 3.63) is 59.5 Å². The fourth-order valence-corrected chi connectivity index (χ4v) is 3.98. The minimum Gasteiger partial charge on any atom is -0.244 e. The van der Waals surface area contributed by atoms with Crippen molar-refractivity contribution in [2.45, 2.75) is 30.2 Å². The third-order valence-electron chi connectivity index (χ3n) is 5.06. The largest absolute Gasteiger partial charge is 0.403 e. The zero-order valence-corrected chi connectivity index (χ0v) is 16.1. The van der Waals surface area contributed by atoms with Crippen LogP contribution in [0.4, 0.5) is 30.7 Å². The van der Waals surface area contributed by atoms with E-state index in [1.54, 1.807) is 0 Å². The molecule has 1 aliphatic carbocycles. The lowest BCUT2D eigenvalue weighted by Crippen LogP contribution is -2.48. The second-order valence-electron chi connectivity index (χ2n) is 7.05. The Morgan fingerprint density at radius 2 is 1.30 bits per heavy atom. The van der Waals surface area contributed by atoms with Crippen molar-refractivity contribution in [2.75, 3.05) is 6.26 Å². The molecule has 0 saturated heterocycles. The molecule has 1 aromatic carbocycles. The van der Waals surface area contributed by atoms with Crippen LogP contribution in [0.1, 0.15) is 24.0 Å². The van der Waals surface area contributed by atoms with E-state index < -0.39 is 46.3 Å². The lowest BCUT2D eigenvalue weighted by molar-refractivity contribution is -0.335. The number of rotatable bonds is 3. The highest BCUT2D eigenvalue weighted by molar-refractivity contribution is 7.90. The van der Waals surface area contributed by atoms with Crippen molar-refractivity contribution in [2.24, 2.45) is 5.41 Å². The third kappa shape index (κ3) is 3.82. The van der Waals surface area contributed by atoms with Gasteiger partial charge < -0.3 is 0 Å². The minimum atomic E-state index is -5.60. The zero-order valence-electron chi connectivity index (χ0n) is 15.3. The maximum atomic E-state index is 13.7. The zero-order chi connectivity index (χ0) is 22.5. The van der Waals surface area contributed by atoms with Crippen LogP contribution in [0.2, 0.25) is 0 Å². The molecule has 11 heteroatoms. The van der Waals surface area contributed by atoms with E-state index in [-0.39, 0.29) is 27.3 Å². The fourth-order valence-electron chi connectivity index (χ4n) is 3.42. The van der Waals surface area contributed by atoms with Crippen LogP contribution in [0, 0.1) is 11.2 Å². The Labute approximate surface area is 167 Å². The van der Waals surface area contributed by atoms with Gasteiger partial charge in [-0.1, -0.05) is 18.2 Å². The molecule has 0 N–H and O–H groups in total. The molecule has 162 valence electrons. The van der Waals surface area contributed by atoms with E-state index >= 15 is 0 Å². The first-order valence-electron chi connectivity index (χ1n) is 8.44. The summed E-state index contributed by atoms with van der Waals surface area (Å²) in [6, 6.07) is 6.21. The predicted molar refractivity (Wildman–Crippen MR) is 94.3 cm³/mol. The molecule has 0 fully saturated rings. The van der Waals surface area contributed by atoms with Gasteiger partial charge in [0.05, 0.1) is 0 Å². The highest BCUT2D eigenvalue weighted by atomic mass is 32.2. The molecule has 0 atom stereocenters. The summed E-state index contributed by atoms with van der Waals surface area (Å²) in [5, 5.41) is -0.369. The minimum absolute atomic E-state index is 0.00830. The molecule has 30 heavy (non-hydrogen) atoms. The Kier molecular flexibility index (Phi) is 5.25. The van der Waals surface area contributed by atoms with Crippen molar-refractivity contribution in [3.63, 3.8) is 0 Å². The molecule has 0 unspecified atom stereocenters. The van der Waals surface area contributed by atoms with Crippen molar-refractivity contribution in [1.82, 2.24) is 4.98 Å². The summed E-state index contributed by atoms with van der Waals surface area (Å²) in [6.07, 6.45) is -12.2. The Morgan fingerprint density at radius 1 is 0.833 bits per heavy atom. The van der Waals surface area contributed by atoms with Gasteiger partial charge in [0.2, 0.25) is 0 Å². The standard InChI is InChI=1S/C19H14F7NO2S/c1-30(28,29)16-7-4-12(10-27-16)15-9-17(18(21,22)23,19(24,25)26)8-14(15)11-2-5-13(20)6-3-11/h2-7,10H,8-9H2,1H3. The van der Waals surface area contributed by atoms with Gasteiger partial charge in [0.25, 0.3) is 0 Å². The third-order valence-corrected chi connectivity index (χ3v) is 6.07. The van der Waals surface area contributed by atoms with Gasteiger partial charge in [0.1, 0.15) is 5.82 Å². The molecular formula is C19H14F7NO2S. The van der Waals surface area contributed by atoms with Crippen LogP contribution in [0.25, 0.3) is 11.1 Å². The van der Waals surface area contributed by atoms with Crippen LogP contribution < -0.4 is 0 Å². The van der Waals surface area contributed by atoms with Gasteiger partial charge in [-0.05, 0) is 53.3 Å². The predicted octanol–water partition coefficient (Wildman–Crippen LogP) is 5.44. The summed E-state index contributed by atoms with van der Waals surface area (Å²) >= 11 is 0. The average Bonchev–Trinajstić information content (AvgIpc) is 3.04. The van der Waals surface area contributed by atoms with Crippen LogP contribution in [0.3, 0.4) is 0 Å². The van der Waals surface area contributed by atoms with Crippen molar-refractivity contribution in [1.29, 1.82) is 0 Å². The molecule has 3 rings (SSSR count). The molecule has 1 aliphatic rings. The summed E-state index contributed by atoms with van der Waals surface area (Å²) < 4.78 is 118. The number of hydrogen-bond donors (Lipinski definition) is 0. The number of nitrogens with zero attached hydrogens (tertiary/aromatic N) is 1. The molecule has 1 aromatic heterocycles. The van der Waals surface area contributed by atoms with Crippen LogP contribution in [-0.4, -0.2) is 32.0 Å². The maximum Gasteiger partial charge on any atom is 0.403 e. The Bertz CT molecular complexity index is 1070. The Hall–Kier alpha value is -2.43. The number of hydrogen-bond acceptors (Lipinski definition) is 3. The van der Waals surface area contributed by atoms with Crippen molar-refractivity contribution in [3.8, 4) is 0 Å². The van der Waals surface area contributed by atoms with Gasteiger partial charge in [-0.3, -0.25) is 0 Å². The first-order valence-corrected chi connectivity index (χ1v) is 10.3. The molecular weight excluding hydrogens is 439 g/mol. The second kappa shape index (κ2) is 7.07. The van der Waals surface area contributed by atoms with E-state index in [0.29, 0.717) is 0 Å². The summed E-state index contributed by atoms with van der Waals surface area (Å²) in [5.74, 6) is -0.698. The molecule has 2 aromatic rings. The van der Waals surface area contributed by atoms with Gasteiger partial charge in [0.15, 0.2) is 20.3 Å². The molecule has 0 aliphatic heterocycles. The van der Waals surface area contributed by atoms with Gasteiger partial charge in [-0.2, -0.15) is 26.3 Å². The molecule has 0 saturated carbocycles. The van der Waals surface area contributed by atoms with E-state index in [1.807, 2.05) is 0 Å². The van der Waals surface area contributed by atoms with Crippen LogP contribution in [-0.2, 0) is 9.84 Å². The summed E-state index contributed by atoms with van der Waals surface area (Å²) in [7, 11) is -3.71. The monoisotopic (exact) mass is 453 g/mol. The van der Waals surface area contributed by atoms with Crippen LogP contribution >= 0.6 is 0 Å². The second-order valence-corrected chi connectivity index (χ2v) is 9.02. The highest BCUT2D eigenvalue weighted by Gasteiger charge is 2.72. The van der Waals surface area contributed by atoms with E-state index in [1.165, 1.54) is 0 Å². The fraction of sp³-hybridized carbons (Fsp3) is 0.316. The molecule has 0 amide bonds. The summed E-state index contributed by atoms with van der Waals surface area (Å²) in [5.41, 5.74) is -4.61. The number of benzene rings is 1. The molecule has 1 heterocycles. The Balaban J connectivity index is 2.20. The lowest BCUT2D eigenvalue weighted by Gasteiger charge is -2.34. The summed E-state index contributed by atoms with van der Waals surface area (Å²) in [6.45, 7) is 0. The molecule has 0 radical (unpaired) electrons. The lowest BCUT2D eigenvalue weighted by atomic mass is 9.81. The van der Waals surface area contributed by atoms with E-state index in [4.69, 9.17) is 0 Å². The number of aromatic nitrogens is 1. The molecule has 0 bridgehead atoms. The van der Waals surface area contributed by atoms with Crippen molar-refractivity contribution < 1.29 is 39.2 Å². The number of halogens is 7. The van der Waals surface area contributed by atoms with E-state index in [0.717, 1.165) is 48.9 Å². The maximum absolute atomic E-state index is 13.7. The quantitative estimate of drug-likeness (QED) is 0.582. The van der Waals surface area contributed by atoms with Gasteiger partial charge in [0, 0.05) is 12.5 Å². The molecule has 0 spiro atoms. The van der Waals surface area contributed by atoms with E-state index in [2.05, 4.69) is 4.98 Å². The first kappa shape index (κ1) is 22.3. The molecule has 3 nitrogen and oxygen atoms in total. The van der Waals surface area contributed by atoms with Crippen molar-refractivity contribution >= 4 is 21.0 Å². The highest BCUT2D eigenvalue weighted by Crippen LogP contribution is 2.64. The topological polar surface area (TPSA) is 47.0 Å². The number of alkyl halides is 6. The first-order chi connectivity index (χ1) is 13.7. The number of pyridine rings is 1. The normalized spacial score (nSPS) is 17.5. The number of allylic oxidation sites excluding steroid dienone is 2. The van der Waals surface area contributed by atoms with Gasteiger partial charge in [-0.15, -0.1) is 0 Å².